The quantitative estimate of drug-likeness (QED) is 0.775. The number of benzene rings is 2. The highest BCUT2D eigenvalue weighted by Gasteiger charge is 2.18. The summed E-state index contributed by atoms with van der Waals surface area (Å²) in [5.74, 6) is -0.962. The Morgan fingerprint density at radius 3 is 2.52 bits per heavy atom. The number of nitrogens with one attached hydrogen (secondary N) is 2. The molecule has 2 amide bonds. The first-order valence-electron chi connectivity index (χ1n) is 7.55. The molecule has 2 aromatic rings. The summed E-state index contributed by atoms with van der Waals surface area (Å²) >= 11 is 6.13. The summed E-state index contributed by atoms with van der Waals surface area (Å²) < 4.78 is 10.4. The number of halogens is 1. The highest BCUT2D eigenvalue weighted by molar-refractivity contribution is 6.39. The third kappa shape index (κ3) is 5.20. The molecule has 0 saturated heterocycles. The fraction of sp³-hybridized carbons (Fsp3) is 0.222. The maximum Gasteiger partial charge on any atom is 0.313 e. The van der Waals surface area contributed by atoms with Crippen molar-refractivity contribution in [2.45, 2.75) is 6.10 Å². The van der Waals surface area contributed by atoms with Gasteiger partial charge in [0.25, 0.3) is 0 Å². The maximum absolute atomic E-state index is 12.0. The SMILES string of the molecule is COc1cccc(NC(=O)C(=O)NCC(OC)c2ccccc2Cl)c1. The summed E-state index contributed by atoms with van der Waals surface area (Å²) in [5, 5.41) is 5.59. The van der Waals surface area contributed by atoms with Gasteiger partial charge >= 0.3 is 11.8 Å². The first-order valence-corrected chi connectivity index (χ1v) is 7.93. The first-order chi connectivity index (χ1) is 12.0. The predicted octanol–water partition coefficient (Wildman–Crippen LogP) is 2.79. The number of rotatable bonds is 6. The van der Waals surface area contributed by atoms with Crippen molar-refractivity contribution in [1.29, 1.82) is 0 Å². The third-order valence-corrected chi connectivity index (χ3v) is 3.86. The standard InChI is InChI=1S/C18H19ClN2O4/c1-24-13-7-5-6-12(10-13)21-18(23)17(22)20-11-16(25-2)14-8-3-4-9-15(14)19/h3-10,16H,11H2,1-2H3,(H,20,22)(H,21,23). The molecule has 132 valence electrons. The van der Waals surface area contributed by atoms with Gasteiger partial charge in [-0.2, -0.15) is 0 Å². The molecule has 25 heavy (non-hydrogen) atoms. The van der Waals surface area contributed by atoms with Gasteiger partial charge < -0.3 is 20.1 Å². The smallest absolute Gasteiger partial charge is 0.313 e. The molecule has 2 rings (SSSR count). The minimum Gasteiger partial charge on any atom is -0.497 e. The number of ether oxygens (including phenoxy) is 2. The monoisotopic (exact) mass is 362 g/mol. The zero-order valence-electron chi connectivity index (χ0n) is 13.9. The molecule has 0 radical (unpaired) electrons. The van der Waals surface area contributed by atoms with Crippen LogP contribution >= 0.6 is 11.6 Å². The highest BCUT2D eigenvalue weighted by Crippen LogP contribution is 2.24. The normalized spacial score (nSPS) is 11.5. The van der Waals surface area contributed by atoms with Crippen molar-refractivity contribution in [2.24, 2.45) is 0 Å². The van der Waals surface area contributed by atoms with E-state index in [2.05, 4.69) is 10.6 Å². The minimum atomic E-state index is -0.776. The van der Waals surface area contributed by atoms with Gasteiger partial charge in [0.05, 0.1) is 7.11 Å². The summed E-state index contributed by atoms with van der Waals surface area (Å²) in [6.45, 7) is 0.116. The minimum absolute atomic E-state index is 0.116. The molecule has 7 heteroatoms. The van der Waals surface area contributed by atoms with Crippen LogP contribution in [0.2, 0.25) is 5.02 Å². The molecule has 0 aliphatic rings. The van der Waals surface area contributed by atoms with Crippen molar-refractivity contribution >= 4 is 29.1 Å². The molecule has 2 aromatic carbocycles. The van der Waals surface area contributed by atoms with E-state index in [0.717, 1.165) is 5.56 Å². The van der Waals surface area contributed by atoms with E-state index in [1.54, 1.807) is 42.5 Å². The molecule has 1 atom stereocenters. The first kappa shape index (κ1) is 18.8. The molecule has 0 aromatic heterocycles. The molecule has 1 unspecified atom stereocenters. The highest BCUT2D eigenvalue weighted by atomic mass is 35.5. The van der Waals surface area contributed by atoms with Gasteiger partial charge in [-0.25, -0.2) is 0 Å². The van der Waals surface area contributed by atoms with Crippen molar-refractivity contribution in [2.75, 3.05) is 26.1 Å². The van der Waals surface area contributed by atoms with Crippen LogP contribution in [0.1, 0.15) is 11.7 Å². The average Bonchev–Trinajstić information content (AvgIpc) is 2.63. The van der Waals surface area contributed by atoms with Crippen LogP contribution in [0.4, 0.5) is 5.69 Å². The molecule has 2 N–H and O–H groups in total. The third-order valence-electron chi connectivity index (χ3n) is 3.52. The van der Waals surface area contributed by atoms with E-state index >= 15 is 0 Å². The van der Waals surface area contributed by atoms with E-state index in [9.17, 15) is 9.59 Å². The molecule has 0 aliphatic carbocycles. The van der Waals surface area contributed by atoms with Crippen molar-refractivity contribution in [1.82, 2.24) is 5.32 Å². The van der Waals surface area contributed by atoms with Crippen LogP contribution in [0, 0.1) is 0 Å². The largest absolute Gasteiger partial charge is 0.497 e. The van der Waals surface area contributed by atoms with Crippen molar-refractivity contribution in [3.63, 3.8) is 0 Å². The molecule has 0 aliphatic heterocycles. The Morgan fingerprint density at radius 1 is 1.08 bits per heavy atom. The lowest BCUT2D eigenvalue weighted by atomic mass is 10.1. The zero-order chi connectivity index (χ0) is 18.2. The molecule has 0 spiro atoms. The topological polar surface area (TPSA) is 76.7 Å². The molecular formula is C18H19ClN2O4. The summed E-state index contributed by atoms with van der Waals surface area (Å²) in [6, 6.07) is 13.9. The number of anilines is 1. The zero-order valence-corrected chi connectivity index (χ0v) is 14.7. The van der Waals surface area contributed by atoms with E-state index in [-0.39, 0.29) is 6.54 Å². The van der Waals surface area contributed by atoms with Gasteiger partial charge in [-0.3, -0.25) is 9.59 Å². The van der Waals surface area contributed by atoms with Gasteiger partial charge in [0.15, 0.2) is 0 Å². The van der Waals surface area contributed by atoms with Crippen LogP contribution in [0.3, 0.4) is 0 Å². The summed E-state index contributed by atoms with van der Waals surface area (Å²) in [7, 11) is 3.03. The van der Waals surface area contributed by atoms with Gasteiger partial charge in [-0.15, -0.1) is 0 Å². The lowest BCUT2D eigenvalue weighted by Crippen LogP contribution is -2.38. The van der Waals surface area contributed by atoms with E-state index in [0.29, 0.717) is 16.5 Å². The van der Waals surface area contributed by atoms with Gasteiger partial charge in [0.1, 0.15) is 11.9 Å². The fourth-order valence-electron chi connectivity index (χ4n) is 2.21. The number of methoxy groups -OCH3 is 2. The lowest BCUT2D eigenvalue weighted by molar-refractivity contribution is -0.136. The van der Waals surface area contributed by atoms with E-state index in [1.165, 1.54) is 14.2 Å². The van der Waals surface area contributed by atoms with Gasteiger partial charge in [-0.05, 0) is 18.2 Å². The average molecular weight is 363 g/mol. The lowest BCUT2D eigenvalue weighted by Gasteiger charge is -2.17. The maximum atomic E-state index is 12.0. The Kier molecular flexibility index (Phi) is 6.80. The van der Waals surface area contributed by atoms with Crippen LogP contribution in [0.15, 0.2) is 48.5 Å². The second-order valence-corrected chi connectivity index (χ2v) is 5.55. The van der Waals surface area contributed by atoms with E-state index in [4.69, 9.17) is 21.1 Å². The molecular weight excluding hydrogens is 344 g/mol. The fourth-order valence-corrected chi connectivity index (χ4v) is 2.47. The molecule has 0 fully saturated rings. The second kappa shape index (κ2) is 9.05. The van der Waals surface area contributed by atoms with Crippen molar-refractivity contribution in [3.8, 4) is 5.75 Å². The second-order valence-electron chi connectivity index (χ2n) is 5.14. The number of carbonyl (C=O) groups is 2. The number of amides is 2. The van der Waals surface area contributed by atoms with Crippen LogP contribution in [-0.2, 0) is 14.3 Å². The Bertz CT molecular complexity index is 751. The molecule has 0 bridgehead atoms. The summed E-state index contributed by atoms with van der Waals surface area (Å²) in [6.07, 6.45) is -0.456. The van der Waals surface area contributed by atoms with Crippen LogP contribution in [0.5, 0.6) is 5.75 Å². The van der Waals surface area contributed by atoms with E-state index < -0.39 is 17.9 Å². The van der Waals surface area contributed by atoms with Gasteiger partial charge in [0.2, 0.25) is 0 Å². The van der Waals surface area contributed by atoms with E-state index in [1.807, 2.05) is 6.07 Å². The van der Waals surface area contributed by atoms with Crippen molar-refractivity contribution in [3.05, 3.63) is 59.1 Å². The summed E-state index contributed by atoms with van der Waals surface area (Å²) in [5.41, 5.74) is 1.20. The van der Waals surface area contributed by atoms with Crippen LogP contribution in [-0.4, -0.2) is 32.6 Å². The predicted molar refractivity (Wildman–Crippen MR) is 95.8 cm³/mol. The van der Waals surface area contributed by atoms with Crippen LogP contribution in [0.25, 0.3) is 0 Å². The number of hydrogen-bond donors (Lipinski definition) is 2. The Morgan fingerprint density at radius 2 is 1.84 bits per heavy atom. The molecule has 0 saturated carbocycles. The van der Waals surface area contributed by atoms with Gasteiger partial charge in [-0.1, -0.05) is 35.9 Å². The van der Waals surface area contributed by atoms with Gasteiger partial charge in [0, 0.05) is 36.0 Å². The number of hydrogen-bond acceptors (Lipinski definition) is 4. The summed E-state index contributed by atoms with van der Waals surface area (Å²) in [4.78, 5) is 24.0. The Hall–Kier alpha value is -2.57. The van der Waals surface area contributed by atoms with Crippen LogP contribution < -0.4 is 15.4 Å². The Labute approximate surface area is 151 Å². The molecule has 6 nitrogen and oxygen atoms in total. The Balaban J connectivity index is 1.94. The number of carbonyl (C=O) groups excluding carboxylic acids is 2. The van der Waals surface area contributed by atoms with Crippen molar-refractivity contribution < 1.29 is 19.1 Å². The molecule has 0 heterocycles.